The van der Waals surface area contributed by atoms with Crippen LogP contribution in [-0.2, 0) is 6.54 Å². The lowest BCUT2D eigenvalue weighted by Gasteiger charge is -1.92. The molecule has 0 fully saturated rings. The summed E-state index contributed by atoms with van der Waals surface area (Å²) in [7, 11) is 0. The highest BCUT2D eigenvalue weighted by atomic mass is 32.1. The quantitative estimate of drug-likeness (QED) is 0.617. The first-order valence-corrected chi connectivity index (χ1v) is 5.27. The number of nitrogens with zero attached hydrogens (tertiary/aromatic N) is 2. The lowest BCUT2D eigenvalue weighted by molar-refractivity contribution is 0.744. The zero-order valence-corrected chi connectivity index (χ0v) is 8.71. The van der Waals surface area contributed by atoms with Gasteiger partial charge in [0.1, 0.15) is 5.01 Å². The van der Waals surface area contributed by atoms with Gasteiger partial charge in [0.05, 0.1) is 16.8 Å². The van der Waals surface area contributed by atoms with Crippen LogP contribution in [0, 0.1) is 0 Å². The minimum atomic E-state index is 0.698. The predicted molar refractivity (Wildman–Crippen MR) is 60.6 cm³/mol. The molecular formula is C10H11N3S. The first kappa shape index (κ1) is 9.15. The molecule has 4 heteroatoms. The average molecular weight is 205 g/mol. The molecule has 0 aliphatic heterocycles. The molecule has 0 spiro atoms. The van der Waals surface area contributed by atoms with Crippen molar-refractivity contribution in [2.75, 3.05) is 0 Å². The SMILES string of the molecule is C/C=N/NCc1nc2ccccc2s1. The lowest BCUT2D eigenvalue weighted by Crippen LogP contribution is -2.03. The van der Waals surface area contributed by atoms with Crippen LogP contribution in [0.5, 0.6) is 0 Å². The van der Waals surface area contributed by atoms with E-state index in [2.05, 4.69) is 21.6 Å². The van der Waals surface area contributed by atoms with E-state index in [4.69, 9.17) is 0 Å². The number of rotatable bonds is 3. The van der Waals surface area contributed by atoms with Crippen molar-refractivity contribution in [3.05, 3.63) is 29.3 Å². The van der Waals surface area contributed by atoms with Crippen LogP contribution in [0.3, 0.4) is 0 Å². The van der Waals surface area contributed by atoms with Crippen LogP contribution in [0.25, 0.3) is 10.2 Å². The molecule has 1 heterocycles. The van der Waals surface area contributed by atoms with Crippen molar-refractivity contribution in [3.63, 3.8) is 0 Å². The van der Waals surface area contributed by atoms with Gasteiger partial charge in [-0.3, -0.25) is 0 Å². The van der Waals surface area contributed by atoms with Gasteiger partial charge >= 0.3 is 0 Å². The third-order valence-electron chi connectivity index (χ3n) is 1.79. The summed E-state index contributed by atoms with van der Waals surface area (Å²) in [6.45, 7) is 2.58. The standard InChI is InChI=1S/C10H11N3S/c1-2-11-12-7-10-13-8-5-3-4-6-9(8)14-10/h2-6,12H,7H2,1H3/b11-2+. The topological polar surface area (TPSA) is 37.3 Å². The molecule has 0 aliphatic carbocycles. The first-order valence-electron chi connectivity index (χ1n) is 4.45. The van der Waals surface area contributed by atoms with E-state index >= 15 is 0 Å². The van der Waals surface area contributed by atoms with Crippen LogP contribution in [0.15, 0.2) is 29.4 Å². The fourth-order valence-corrected chi connectivity index (χ4v) is 2.10. The molecule has 0 radical (unpaired) electrons. The number of thiazole rings is 1. The average Bonchev–Trinajstić information content (AvgIpc) is 2.60. The van der Waals surface area contributed by atoms with E-state index in [1.54, 1.807) is 17.6 Å². The maximum Gasteiger partial charge on any atom is 0.115 e. The Bertz CT molecular complexity index is 414. The van der Waals surface area contributed by atoms with Gasteiger partial charge in [0.15, 0.2) is 0 Å². The van der Waals surface area contributed by atoms with E-state index in [9.17, 15) is 0 Å². The van der Waals surface area contributed by atoms with Crippen LogP contribution < -0.4 is 5.43 Å². The Morgan fingerprint density at radius 1 is 1.50 bits per heavy atom. The van der Waals surface area contributed by atoms with Crippen LogP contribution in [-0.4, -0.2) is 11.2 Å². The number of nitrogens with one attached hydrogen (secondary N) is 1. The van der Waals surface area contributed by atoms with Crippen molar-refractivity contribution >= 4 is 27.8 Å². The summed E-state index contributed by atoms with van der Waals surface area (Å²) in [6, 6.07) is 8.14. The predicted octanol–water partition coefficient (Wildman–Crippen LogP) is 2.39. The fourth-order valence-electron chi connectivity index (χ4n) is 1.20. The monoisotopic (exact) mass is 205 g/mol. The molecule has 0 saturated carbocycles. The number of hydrogen-bond acceptors (Lipinski definition) is 4. The summed E-state index contributed by atoms with van der Waals surface area (Å²) in [5.41, 5.74) is 3.99. The van der Waals surface area contributed by atoms with Gasteiger partial charge < -0.3 is 5.43 Å². The van der Waals surface area contributed by atoms with Gasteiger partial charge in [-0.05, 0) is 19.1 Å². The number of aromatic nitrogens is 1. The summed E-state index contributed by atoms with van der Waals surface area (Å²) in [6.07, 6.45) is 1.73. The third kappa shape index (κ3) is 1.90. The van der Waals surface area contributed by atoms with Crippen molar-refractivity contribution in [3.8, 4) is 0 Å². The maximum absolute atomic E-state index is 4.47. The second kappa shape index (κ2) is 4.19. The zero-order chi connectivity index (χ0) is 9.80. The van der Waals surface area contributed by atoms with E-state index < -0.39 is 0 Å². The van der Waals surface area contributed by atoms with Crippen LogP contribution in [0.1, 0.15) is 11.9 Å². The number of benzene rings is 1. The Morgan fingerprint density at radius 2 is 2.36 bits per heavy atom. The Hall–Kier alpha value is -1.42. The van der Waals surface area contributed by atoms with Gasteiger partial charge in [-0.2, -0.15) is 5.10 Å². The normalized spacial score (nSPS) is 11.2. The van der Waals surface area contributed by atoms with Gasteiger partial charge in [-0.25, -0.2) is 4.98 Å². The summed E-state index contributed by atoms with van der Waals surface area (Å²) in [5, 5.41) is 5.00. The molecule has 14 heavy (non-hydrogen) atoms. The molecule has 0 aliphatic rings. The zero-order valence-electron chi connectivity index (χ0n) is 7.90. The number of hydrazone groups is 1. The van der Waals surface area contributed by atoms with E-state index in [0.717, 1.165) is 10.5 Å². The summed E-state index contributed by atoms with van der Waals surface area (Å²) >= 11 is 1.70. The summed E-state index contributed by atoms with van der Waals surface area (Å²) in [5.74, 6) is 0. The molecule has 0 saturated heterocycles. The van der Waals surface area contributed by atoms with E-state index in [0.29, 0.717) is 6.54 Å². The Balaban J connectivity index is 2.18. The van der Waals surface area contributed by atoms with Crippen LogP contribution in [0.4, 0.5) is 0 Å². The van der Waals surface area contributed by atoms with Gasteiger partial charge in [0.25, 0.3) is 0 Å². The molecule has 1 aromatic carbocycles. The fraction of sp³-hybridized carbons (Fsp3) is 0.200. The Kier molecular flexibility index (Phi) is 2.74. The highest BCUT2D eigenvalue weighted by Crippen LogP contribution is 2.20. The van der Waals surface area contributed by atoms with Gasteiger partial charge in [-0.15, -0.1) is 11.3 Å². The molecule has 2 aromatic rings. The molecule has 0 amide bonds. The first-order chi connectivity index (χ1) is 6.90. The molecule has 0 bridgehead atoms. The smallest absolute Gasteiger partial charge is 0.115 e. The second-order valence-electron chi connectivity index (χ2n) is 2.80. The molecule has 1 N–H and O–H groups in total. The van der Waals surface area contributed by atoms with Crippen molar-refractivity contribution in [1.82, 2.24) is 10.4 Å². The van der Waals surface area contributed by atoms with Gasteiger partial charge in [-0.1, -0.05) is 12.1 Å². The molecule has 72 valence electrons. The van der Waals surface area contributed by atoms with Crippen LogP contribution >= 0.6 is 11.3 Å². The lowest BCUT2D eigenvalue weighted by atomic mass is 10.3. The molecule has 0 atom stereocenters. The summed E-state index contributed by atoms with van der Waals surface area (Å²) < 4.78 is 1.23. The van der Waals surface area contributed by atoms with Crippen LogP contribution in [0.2, 0.25) is 0 Å². The van der Waals surface area contributed by atoms with Gasteiger partial charge in [0, 0.05) is 6.21 Å². The minimum absolute atomic E-state index is 0.698. The number of para-hydroxylation sites is 1. The summed E-state index contributed by atoms with van der Waals surface area (Å²) in [4.78, 5) is 4.47. The third-order valence-corrected chi connectivity index (χ3v) is 2.83. The Morgan fingerprint density at radius 3 is 3.14 bits per heavy atom. The van der Waals surface area contributed by atoms with Crippen molar-refractivity contribution in [2.24, 2.45) is 5.10 Å². The minimum Gasteiger partial charge on any atom is -0.304 e. The highest BCUT2D eigenvalue weighted by Gasteiger charge is 2.00. The molecule has 0 unspecified atom stereocenters. The van der Waals surface area contributed by atoms with Crippen molar-refractivity contribution < 1.29 is 0 Å². The highest BCUT2D eigenvalue weighted by molar-refractivity contribution is 7.18. The molecular weight excluding hydrogens is 194 g/mol. The number of fused-ring (bicyclic) bond motifs is 1. The maximum atomic E-state index is 4.47. The number of hydrogen-bond donors (Lipinski definition) is 1. The molecule has 1 aromatic heterocycles. The largest absolute Gasteiger partial charge is 0.304 e. The van der Waals surface area contributed by atoms with Crippen molar-refractivity contribution in [2.45, 2.75) is 13.5 Å². The second-order valence-corrected chi connectivity index (χ2v) is 3.91. The molecule has 3 nitrogen and oxygen atoms in total. The van der Waals surface area contributed by atoms with Gasteiger partial charge in [0.2, 0.25) is 0 Å². The van der Waals surface area contributed by atoms with Crippen molar-refractivity contribution in [1.29, 1.82) is 0 Å². The van der Waals surface area contributed by atoms with E-state index in [-0.39, 0.29) is 0 Å². The van der Waals surface area contributed by atoms with E-state index in [1.807, 2.05) is 25.1 Å². The van der Waals surface area contributed by atoms with E-state index in [1.165, 1.54) is 4.70 Å². The Labute approximate surface area is 86.5 Å². The molecule has 2 rings (SSSR count).